The molecule has 0 spiro atoms. The third kappa shape index (κ3) is 4.27. The molecule has 0 aliphatic carbocycles. The van der Waals surface area contributed by atoms with E-state index in [4.69, 9.17) is 4.84 Å². The quantitative estimate of drug-likeness (QED) is 0.432. The Hall–Kier alpha value is -2.97. The summed E-state index contributed by atoms with van der Waals surface area (Å²) >= 11 is 0. The van der Waals surface area contributed by atoms with Gasteiger partial charge in [-0.2, -0.15) is 5.06 Å². The Morgan fingerprint density at radius 3 is 2.57 bits per heavy atom. The van der Waals surface area contributed by atoms with E-state index in [0.29, 0.717) is 6.42 Å². The molecule has 0 N–H and O–H groups in total. The number of hydrogen-bond donors (Lipinski definition) is 0. The third-order valence-electron chi connectivity index (χ3n) is 2.50. The minimum Gasteiger partial charge on any atom is -0.370 e. The van der Waals surface area contributed by atoms with Gasteiger partial charge in [-0.05, 0) is 12.5 Å². The van der Waals surface area contributed by atoms with Gasteiger partial charge in [-0.15, -0.1) is 6.58 Å². The van der Waals surface area contributed by atoms with Gasteiger partial charge in [-0.1, -0.05) is 6.08 Å². The van der Waals surface area contributed by atoms with Crippen LogP contribution in [0.4, 0.5) is 11.4 Å². The SMILES string of the molecule is C=CCCC(=O)N(C)Oc1ccc([N+](=O)[O-])cc1[N+](=O)[O-]. The van der Waals surface area contributed by atoms with Gasteiger partial charge in [0.05, 0.1) is 15.9 Å². The van der Waals surface area contributed by atoms with E-state index in [9.17, 15) is 25.0 Å². The largest absolute Gasteiger partial charge is 0.370 e. The summed E-state index contributed by atoms with van der Waals surface area (Å²) in [6.45, 7) is 3.47. The highest BCUT2D eigenvalue weighted by Crippen LogP contribution is 2.31. The van der Waals surface area contributed by atoms with E-state index in [0.717, 1.165) is 23.3 Å². The monoisotopic (exact) mass is 295 g/mol. The minimum atomic E-state index is -0.815. The fraction of sp³-hybridized carbons (Fsp3) is 0.250. The molecule has 0 atom stereocenters. The van der Waals surface area contributed by atoms with Crippen molar-refractivity contribution in [2.45, 2.75) is 12.8 Å². The Kier molecular flexibility index (Phi) is 5.35. The fourth-order valence-corrected chi connectivity index (χ4v) is 1.42. The number of nitro groups is 2. The Morgan fingerprint density at radius 1 is 1.38 bits per heavy atom. The van der Waals surface area contributed by atoms with Crippen molar-refractivity contribution in [3.63, 3.8) is 0 Å². The molecule has 0 unspecified atom stereocenters. The molecule has 0 aliphatic rings. The molecule has 0 heterocycles. The van der Waals surface area contributed by atoms with Crippen molar-refractivity contribution in [3.05, 3.63) is 51.1 Å². The zero-order chi connectivity index (χ0) is 16.0. The van der Waals surface area contributed by atoms with Crippen molar-refractivity contribution < 1.29 is 19.5 Å². The number of carbonyl (C=O) groups is 1. The summed E-state index contributed by atoms with van der Waals surface area (Å²) in [4.78, 5) is 36.7. The second-order valence-electron chi connectivity index (χ2n) is 3.98. The number of amides is 1. The van der Waals surface area contributed by atoms with Gasteiger partial charge in [-0.3, -0.25) is 25.0 Å². The average molecular weight is 295 g/mol. The summed E-state index contributed by atoms with van der Waals surface area (Å²) in [5.74, 6) is -0.650. The maximum absolute atomic E-state index is 11.6. The summed E-state index contributed by atoms with van der Waals surface area (Å²) in [6.07, 6.45) is 2.13. The Balaban J connectivity index is 2.97. The highest BCUT2D eigenvalue weighted by atomic mass is 16.7. The molecule has 0 saturated carbocycles. The molecule has 1 aromatic carbocycles. The lowest BCUT2D eigenvalue weighted by atomic mass is 10.2. The summed E-state index contributed by atoms with van der Waals surface area (Å²) < 4.78 is 0. The molecule has 0 fully saturated rings. The fourth-order valence-electron chi connectivity index (χ4n) is 1.42. The van der Waals surface area contributed by atoms with Crippen LogP contribution in [0.1, 0.15) is 12.8 Å². The topological polar surface area (TPSA) is 116 Å². The van der Waals surface area contributed by atoms with Gasteiger partial charge in [0.25, 0.3) is 11.6 Å². The number of nitro benzene ring substituents is 2. The van der Waals surface area contributed by atoms with Crippen molar-refractivity contribution >= 4 is 17.3 Å². The van der Waals surface area contributed by atoms with E-state index < -0.39 is 27.1 Å². The molecule has 0 aromatic heterocycles. The normalized spacial score (nSPS) is 9.76. The van der Waals surface area contributed by atoms with Gasteiger partial charge < -0.3 is 4.84 Å². The van der Waals surface area contributed by atoms with Gasteiger partial charge in [0.1, 0.15) is 0 Å². The van der Waals surface area contributed by atoms with Gasteiger partial charge in [0.15, 0.2) is 0 Å². The lowest BCUT2D eigenvalue weighted by molar-refractivity contribution is -0.395. The van der Waals surface area contributed by atoms with Crippen molar-refractivity contribution in [2.75, 3.05) is 7.05 Å². The predicted octanol–water partition coefficient (Wildman–Crippen LogP) is 2.22. The summed E-state index contributed by atoms with van der Waals surface area (Å²) in [5.41, 5.74) is -1.03. The first-order chi connectivity index (χ1) is 9.86. The molecular weight excluding hydrogens is 282 g/mol. The lowest BCUT2D eigenvalue weighted by Gasteiger charge is -2.17. The number of carbonyl (C=O) groups excluding carboxylic acids is 1. The first kappa shape index (κ1) is 16.1. The maximum atomic E-state index is 11.6. The van der Waals surface area contributed by atoms with E-state index in [2.05, 4.69) is 6.58 Å². The Labute approximate surface area is 119 Å². The van der Waals surface area contributed by atoms with Crippen LogP contribution in [0.25, 0.3) is 0 Å². The number of benzene rings is 1. The van der Waals surface area contributed by atoms with Crippen LogP contribution in [-0.2, 0) is 4.79 Å². The number of hydroxylamine groups is 2. The first-order valence-electron chi connectivity index (χ1n) is 5.85. The summed E-state index contributed by atoms with van der Waals surface area (Å²) in [6, 6.07) is 2.91. The van der Waals surface area contributed by atoms with Crippen LogP contribution < -0.4 is 4.84 Å². The van der Waals surface area contributed by atoms with Crippen molar-refractivity contribution in [3.8, 4) is 5.75 Å². The second kappa shape index (κ2) is 6.98. The molecule has 1 aromatic rings. The number of non-ortho nitro benzene ring substituents is 1. The molecule has 9 nitrogen and oxygen atoms in total. The van der Waals surface area contributed by atoms with Gasteiger partial charge >= 0.3 is 5.69 Å². The highest BCUT2D eigenvalue weighted by Gasteiger charge is 2.23. The van der Waals surface area contributed by atoms with Crippen LogP contribution in [0.5, 0.6) is 5.75 Å². The van der Waals surface area contributed by atoms with Crippen molar-refractivity contribution in [1.82, 2.24) is 5.06 Å². The molecule has 9 heteroatoms. The second-order valence-corrected chi connectivity index (χ2v) is 3.98. The van der Waals surface area contributed by atoms with Gasteiger partial charge in [-0.25, -0.2) is 0 Å². The molecule has 0 radical (unpaired) electrons. The maximum Gasteiger partial charge on any atom is 0.321 e. The van der Waals surface area contributed by atoms with Crippen LogP contribution in [0, 0.1) is 20.2 Å². The Morgan fingerprint density at radius 2 is 2.05 bits per heavy atom. The highest BCUT2D eigenvalue weighted by molar-refractivity contribution is 5.75. The average Bonchev–Trinajstić information content (AvgIpc) is 2.44. The Bertz CT molecular complexity index is 586. The predicted molar refractivity (Wildman–Crippen MR) is 72.6 cm³/mol. The number of hydrogen-bond acceptors (Lipinski definition) is 6. The summed E-state index contributed by atoms with van der Waals surface area (Å²) in [5, 5.41) is 22.4. The van der Waals surface area contributed by atoms with E-state index in [1.54, 1.807) is 6.08 Å². The van der Waals surface area contributed by atoms with Crippen molar-refractivity contribution in [2.24, 2.45) is 0 Å². The standard InChI is InChI=1S/C12H13N3O6/c1-3-4-5-12(16)13(2)21-11-7-6-9(14(17)18)8-10(11)15(19)20/h3,6-8H,1,4-5H2,2H3. The van der Waals surface area contributed by atoms with Gasteiger partial charge in [0.2, 0.25) is 5.75 Å². The molecule has 112 valence electrons. The summed E-state index contributed by atoms with van der Waals surface area (Å²) in [7, 11) is 1.30. The zero-order valence-corrected chi connectivity index (χ0v) is 11.2. The van der Waals surface area contributed by atoms with E-state index in [1.165, 1.54) is 7.05 Å². The van der Waals surface area contributed by atoms with Crippen molar-refractivity contribution in [1.29, 1.82) is 0 Å². The van der Waals surface area contributed by atoms with Gasteiger partial charge in [0, 0.05) is 19.5 Å². The van der Waals surface area contributed by atoms with E-state index >= 15 is 0 Å². The molecule has 1 amide bonds. The van der Waals surface area contributed by atoms with Crippen LogP contribution in [0.2, 0.25) is 0 Å². The van der Waals surface area contributed by atoms with Crippen LogP contribution >= 0.6 is 0 Å². The molecular formula is C12H13N3O6. The molecule has 0 aliphatic heterocycles. The molecule has 21 heavy (non-hydrogen) atoms. The zero-order valence-electron chi connectivity index (χ0n) is 11.2. The smallest absolute Gasteiger partial charge is 0.321 e. The number of allylic oxidation sites excluding steroid dienone is 1. The molecule has 0 saturated heterocycles. The lowest BCUT2D eigenvalue weighted by Crippen LogP contribution is -2.30. The first-order valence-corrected chi connectivity index (χ1v) is 5.85. The molecule has 0 bridgehead atoms. The number of nitrogens with zero attached hydrogens (tertiary/aromatic N) is 3. The van der Waals surface area contributed by atoms with Crippen LogP contribution in [0.15, 0.2) is 30.9 Å². The molecule has 1 rings (SSSR count). The van der Waals surface area contributed by atoms with Crippen LogP contribution in [-0.4, -0.2) is 27.9 Å². The van der Waals surface area contributed by atoms with Crippen LogP contribution in [0.3, 0.4) is 0 Å². The van der Waals surface area contributed by atoms with E-state index in [1.807, 2.05) is 0 Å². The third-order valence-corrected chi connectivity index (χ3v) is 2.50. The minimum absolute atomic E-state index is 0.140. The van der Waals surface area contributed by atoms with E-state index in [-0.39, 0.29) is 12.2 Å². The number of rotatable bonds is 7.